The van der Waals surface area contributed by atoms with Crippen molar-refractivity contribution >= 4 is 50.9 Å². The smallest absolute Gasteiger partial charge is 0.248 e. The van der Waals surface area contributed by atoms with E-state index in [0.717, 1.165) is 60.7 Å². The summed E-state index contributed by atoms with van der Waals surface area (Å²) in [5.74, 6) is -0.378. The molecule has 0 aliphatic carbocycles. The molecule has 1 aliphatic rings. The minimum Gasteiger partial charge on any atom is -0.397 e. The standard InChI is InChI=1S/C30H34BrN5O3/c1-35(16-17-36-18-20-39-21-19-36)29(30(38)33-25-13-11-24(31)12-14-25)23-9-6-22(7-10-23)8-15-28(37)34-27-5-3-2-4-26(27)32/h2-15,29H,16-21,32H2,1H3,(H,33,38)(H,34,37). The SMILES string of the molecule is CN(CCN1CCOCC1)C(C(=O)Nc1ccc(Br)cc1)c1ccc(C=CC(=O)Nc2ccccc2N)cc1. The molecule has 1 heterocycles. The first kappa shape index (κ1) is 28.5. The largest absolute Gasteiger partial charge is 0.397 e. The van der Waals surface area contributed by atoms with Gasteiger partial charge in [0, 0.05) is 42.4 Å². The molecule has 4 rings (SSSR count). The van der Waals surface area contributed by atoms with E-state index in [1.807, 2.05) is 67.7 Å². The molecule has 4 N–H and O–H groups in total. The summed E-state index contributed by atoms with van der Waals surface area (Å²) < 4.78 is 6.41. The van der Waals surface area contributed by atoms with Gasteiger partial charge in [-0.3, -0.25) is 19.4 Å². The van der Waals surface area contributed by atoms with Gasteiger partial charge in [-0.1, -0.05) is 52.3 Å². The minimum absolute atomic E-state index is 0.107. The van der Waals surface area contributed by atoms with Gasteiger partial charge in [-0.25, -0.2) is 0 Å². The molecule has 1 fully saturated rings. The van der Waals surface area contributed by atoms with Crippen molar-refractivity contribution in [1.82, 2.24) is 9.80 Å². The van der Waals surface area contributed by atoms with Crippen LogP contribution in [0.25, 0.3) is 6.08 Å². The quantitative estimate of drug-likeness (QED) is 0.235. The van der Waals surface area contributed by atoms with E-state index in [0.29, 0.717) is 11.4 Å². The van der Waals surface area contributed by atoms with Crippen LogP contribution in [0.4, 0.5) is 17.1 Å². The Kier molecular flexibility index (Phi) is 10.3. The van der Waals surface area contributed by atoms with E-state index < -0.39 is 6.04 Å². The molecule has 0 saturated carbocycles. The second-order valence-electron chi connectivity index (χ2n) is 9.41. The first-order valence-corrected chi connectivity index (χ1v) is 13.7. The van der Waals surface area contributed by atoms with Gasteiger partial charge < -0.3 is 21.1 Å². The molecule has 1 atom stereocenters. The number of halogens is 1. The van der Waals surface area contributed by atoms with Crippen LogP contribution in [-0.2, 0) is 14.3 Å². The molecule has 39 heavy (non-hydrogen) atoms. The Hall–Kier alpha value is -3.50. The number of para-hydroxylation sites is 2. The Labute approximate surface area is 237 Å². The number of nitrogens with zero attached hydrogens (tertiary/aromatic N) is 2. The lowest BCUT2D eigenvalue weighted by Crippen LogP contribution is -2.43. The Morgan fingerprint density at radius 3 is 2.41 bits per heavy atom. The highest BCUT2D eigenvalue weighted by Gasteiger charge is 2.26. The Bertz CT molecular complexity index is 1270. The maximum atomic E-state index is 13.5. The van der Waals surface area contributed by atoms with E-state index in [-0.39, 0.29) is 11.8 Å². The minimum atomic E-state index is -0.489. The summed E-state index contributed by atoms with van der Waals surface area (Å²) in [7, 11) is 1.97. The van der Waals surface area contributed by atoms with Crippen LogP contribution < -0.4 is 16.4 Å². The average Bonchev–Trinajstić information content (AvgIpc) is 2.95. The van der Waals surface area contributed by atoms with Crippen molar-refractivity contribution in [1.29, 1.82) is 0 Å². The molecular formula is C30H34BrN5O3. The van der Waals surface area contributed by atoms with Crippen LogP contribution in [0.5, 0.6) is 0 Å². The van der Waals surface area contributed by atoms with Crippen LogP contribution in [0.1, 0.15) is 17.2 Å². The average molecular weight is 593 g/mol. The molecule has 3 aromatic rings. The van der Waals surface area contributed by atoms with E-state index in [4.69, 9.17) is 10.5 Å². The summed E-state index contributed by atoms with van der Waals surface area (Å²) in [6.07, 6.45) is 3.20. The number of likely N-dealkylation sites (N-methyl/N-ethyl adjacent to an activating group) is 1. The second-order valence-corrected chi connectivity index (χ2v) is 10.3. The van der Waals surface area contributed by atoms with Gasteiger partial charge in [0.1, 0.15) is 6.04 Å². The summed E-state index contributed by atoms with van der Waals surface area (Å²) in [6.45, 7) is 4.85. The first-order chi connectivity index (χ1) is 18.9. The fourth-order valence-corrected chi connectivity index (χ4v) is 4.61. The van der Waals surface area contributed by atoms with E-state index in [2.05, 4.69) is 36.4 Å². The predicted octanol–water partition coefficient (Wildman–Crippen LogP) is 4.63. The van der Waals surface area contributed by atoms with Gasteiger partial charge in [0.25, 0.3) is 0 Å². The normalized spacial score (nSPS) is 14.8. The van der Waals surface area contributed by atoms with Crippen LogP contribution in [0.2, 0.25) is 0 Å². The number of benzene rings is 3. The Balaban J connectivity index is 1.45. The summed E-state index contributed by atoms with van der Waals surface area (Å²) in [4.78, 5) is 30.3. The topological polar surface area (TPSA) is 99.9 Å². The Morgan fingerprint density at radius 2 is 1.72 bits per heavy atom. The molecule has 1 unspecified atom stereocenters. The third-order valence-corrected chi connectivity index (χ3v) is 7.10. The van der Waals surface area contributed by atoms with Crippen molar-refractivity contribution < 1.29 is 14.3 Å². The van der Waals surface area contributed by atoms with Gasteiger partial charge in [-0.2, -0.15) is 0 Å². The summed E-state index contributed by atoms with van der Waals surface area (Å²) >= 11 is 3.44. The molecule has 1 aliphatic heterocycles. The highest BCUT2D eigenvalue weighted by Crippen LogP contribution is 2.24. The molecule has 3 aromatic carbocycles. The van der Waals surface area contributed by atoms with E-state index in [1.165, 1.54) is 6.08 Å². The molecule has 2 amide bonds. The lowest BCUT2D eigenvalue weighted by atomic mass is 10.0. The maximum absolute atomic E-state index is 13.5. The zero-order valence-corrected chi connectivity index (χ0v) is 23.6. The van der Waals surface area contributed by atoms with Crippen molar-refractivity contribution in [2.45, 2.75) is 6.04 Å². The lowest BCUT2D eigenvalue weighted by molar-refractivity contribution is -0.121. The van der Waals surface area contributed by atoms with Crippen LogP contribution in [0.3, 0.4) is 0 Å². The number of rotatable bonds is 10. The van der Waals surface area contributed by atoms with Gasteiger partial charge in [-0.15, -0.1) is 0 Å². The van der Waals surface area contributed by atoms with E-state index in [9.17, 15) is 9.59 Å². The van der Waals surface area contributed by atoms with Gasteiger partial charge in [0.05, 0.1) is 24.6 Å². The van der Waals surface area contributed by atoms with Crippen LogP contribution in [-0.4, -0.2) is 68.1 Å². The lowest BCUT2D eigenvalue weighted by Gasteiger charge is -2.32. The summed E-state index contributed by atoms with van der Waals surface area (Å²) in [5, 5.41) is 5.84. The van der Waals surface area contributed by atoms with E-state index >= 15 is 0 Å². The van der Waals surface area contributed by atoms with Crippen molar-refractivity contribution in [3.63, 3.8) is 0 Å². The zero-order chi connectivity index (χ0) is 27.6. The van der Waals surface area contributed by atoms with Gasteiger partial charge in [-0.05, 0) is 60.6 Å². The van der Waals surface area contributed by atoms with Crippen molar-refractivity contribution in [3.05, 3.63) is 94.5 Å². The summed E-state index contributed by atoms with van der Waals surface area (Å²) in [5.41, 5.74) is 9.43. The number of nitrogens with two attached hydrogens (primary N) is 1. The van der Waals surface area contributed by atoms with Crippen LogP contribution in [0, 0.1) is 0 Å². The number of carbonyl (C=O) groups is 2. The number of carbonyl (C=O) groups excluding carboxylic acids is 2. The molecule has 9 heteroatoms. The number of nitrogen functional groups attached to an aromatic ring is 1. The monoisotopic (exact) mass is 591 g/mol. The van der Waals surface area contributed by atoms with E-state index in [1.54, 1.807) is 18.2 Å². The highest BCUT2D eigenvalue weighted by molar-refractivity contribution is 9.10. The fourth-order valence-electron chi connectivity index (χ4n) is 4.35. The molecule has 0 bridgehead atoms. The van der Waals surface area contributed by atoms with Gasteiger partial charge in [0.15, 0.2) is 0 Å². The highest BCUT2D eigenvalue weighted by atomic mass is 79.9. The van der Waals surface area contributed by atoms with Crippen molar-refractivity contribution in [2.24, 2.45) is 0 Å². The van der Waals surface area contributed by atoms with Crippen LogP contribution in [0.15, 0.2) is 83.3 Å². The third-order valence-electron chi connectivity index (χ3n) is 6.57. The number of hydrogen-bond donors (Lipinski definition) is 3. The predicted molar refractivity (Wildman–Crippen MR) is 160 cm³/mol. The number of amides is 2. The van der Waals surface area contributed by atoms with Crippen molar-refractivity contribution in [3.8, 4) is 0 Å². The number of hydrogen-bond acceptors (Lipinski definition) is 6. The van der Waals surface area contributed by atoms with Gasteiger partial charge in [0.2, 0.25) is 11.8 Å². The molecular weight excluding hydrogens is 558 g/mol. The molecule has 0 aromatic heterocycles. The zero-order valence-electron chi connectivity index (χ0n) is 22.0. The molecule has 0 radical (unpaired) electrons. The second kappa shape index (κ2) is 14.0. The number of ether oxygens (including phenoxy) is 1. The summed E-state index contributed by atoms with van der Waals surface area (Å²) in [6, 6.07) is 21.9. The van der Waals surface area contributed by atoms with Gasteiger partial charge >= 0.3 is 0 Å². The first-order valence-electron chi connectivity index (χ1n) is 12.9. The number of nitrogens with one attached hydrogen (secondary N) is 2. The van der Waals surface area contributed by atoms with Crippen LogP contribution >= 0.6 is 15.9 Å². The molecule has 1 saturated heterocycles. The number of morpholine rings is 1. The third kappa shape index (κ3) is 8.49. The maximum Gasteiger partial charge on any atom is 0.248 e. The molecule has 0 spiro atoms. The molecule has 8 nitrogen and oxygen atoms in total. The molecule has 204 valence electrons. The Morgan fingerprint density at radius 1 is 1.03 bits per heavy atom. The number of anilines is 3. The van der Waals surface area contributed by atoms with Crippen molar-refractivity contribution in [2.75, 3.05) is 62.8 Å². The fraction of sp³-hybridized carbons (Fsp3) is 0.267.